The number of para-hydroxylation sites is 1. The molecule has 0 aliphatic rings. The fourth-order valence-corrected chi connectivity index (χ4v) is 4.10. The zero-order valence-electron chi connectivity index (χ0n) is 20.3. The Balaban J connectivity index is 1.77. The Morgan fingerprint density at radius 2 is 1.79 bits per heavy atom. The lowest BCUT2D eigenvalue weighted by molar-refractivity contribution is -0.118. The van der Waals surface area contributed by atoms with Gasteiger partial charge in [-0.25, -0.2) is 4.68 Å². The van der Waals surface area contributed by atoms with Crippen LogP contribution >= 0.6 is 0 Å². The Labute approximate surface area is 199 Å². The van der Waals surface area contributed by atoms with Crippen LogP contribution in [0.15, 0.2) is 53.3 Å². The number of ether oxygens (including phenoxy) is 1. The van der Waals surface area contributed by atoms with Crippen LogP contribution < -0.4 is 21.3 Å². The summed E-state index contributed by atoms with van der Waals surface area (Å²) in [6.45, 7) is 8.01. The topological polar surface area (TPSA) is 108 Å². The van der Waals surface area contributed by atoms with Crippen LogP contribution in [0.1, 0.15) is 48.8 Å². The number of carbonyl (C=O) groups is 2. The smallest absolute Gasteiger partial charge is 0.295 e. The second kappa shape index (κ2) is 9.99. The van der Waals surface area contributed by atoms with E-state index in [1.54, 1.807) is 30.8 Å². The number of primary amides is 1. The lowest BCUT2D eigenvalue weighted by atomic mass is 9.82. The standard InChI is InChI=1S/C26H32N4O4/c1-6-34-21-14-18(12-13-20(21)24(27)32)15-26(3,4)16-22(31)28-23-17(2)29(5)30(25(23)33)19-10-8-7-9-11-19/h7-14H,6,15-16H2,1-5H3,(H2,27,32)(H,28,31). The molecule has 0 atom stereocenters. The molecule has 34 heavy (non-hydrogen) atoms. The van der Waals surface area contributed by atoms with Crippen LogP contribution in [0, 0.1) is 12.3 Å². The second-order valence-electron chi connectivity index (χ2n) is 9.13. The first kappa shape index (κ1) is 24.8. The molecule has 0 saturated carbocycles. The molecule has 8 nitrogen and oxygen atoms in total. The van der Waals surface area contributed by atoms with Crippen molar-refractivity contribution in [3.05, 3.63) is 75.7 Å². The van der Waals surface area contributed by atoms with Crippen molar-refractivity contribution in [1.29, 1.82) is 0 Å². The molecule has 8 heteroatoms. The van der Waals surface area contributed by atoms with Gasteiger partial charge < -0.3 is 15.8 Å². The molecular formula is C26H32N4O4. The van der Waals surface area contributed by atoms with Crippen LogP contribution in [-0.4, -0.2) is 27.8 Å². The number of anilines is 1. The highest BCUT2D eigenvalue weighted by Gasteiger charge is 2.26. The number of hydrogen-bond donors (Lipinski definition) is 2. The molecule has 1 aromatic heterocycles. The monoisotopic (exact) mass is 464 g/mol. The minimum atomic E-state index is -0.548. The Hall–Kier alpha value is -3.81. The van der Waals surface area contributed by atoms with Gasteiger partial charge in [-0.2, -0.15) is 0 Å². The van der Waals surface area contributed by atoms with Gasteiger partial charge in [0.25, 0.3) is 11.5 Å². The van der Waals surface area contributed by atoms with Gasteiger partial charge in [-0.3, -0.25) is 19.1 Å². The van der Waals surface area contributed by atoms with E-state index in [9.17, 15) is 14.4 Å². The summed E-state index contributed by atoms with van der Waals surface area (Å²) in [5.41, 5.74) is 7.67. The predicted octanol–water partition coefficient (Wildman–Crippen LogP) is 3.58. The Morgan fingerprint density at radius 3 is 2.41 bits per heavy atom. The first-order valence-corrected chi connectivity index (χ1v) is 11.2. The molecule has 0 fully saturated rings. The van der Waals surface area contributed by atoms with Crippen LogP contribution in [0.25, 0.3) is 5.69 Å². The maximum atomic E-state index is 13.1. The van der Waals surface area contributed by atoms with E-state index >= 15 is 0 Å². The Bertz CT molecular complexity index is 1260. The molecule has 3 rings (SSSR count). The van der Waals surface area contributed by atoms with Gasteiger partial charge in [0.15, 0.2) is 0 Å². The molecule has 1 heterocycles. The van der Waals surface area contributed by atoms with E-state index < -0.39 is 11.3 Å². The molecule has 3 N–H and O–H groups in total. The van der Waals surface area contributed by atoms with Crippen LogP contribution in [0.2, 0.25) is 0 Å². The van der Waals surface area contributed by atoms with Gasteiger partial charge in [0.05, 0.1) is 23.6 Å². The summed E-state index contributed by atoms with van der Waals surface area (Å²) in [7, 11) is 1.79. The number of nitrogens with one attached hydrogen (secondary N) is 1. The molecule has 0 radical (unpaired) electrons. The largest absolute Gasteiger partial charge is 0.493 e. The zero-order chi connectivity index (χ0) is 25.0. The van der Waals surface area contributed by atoms with E-state index in [0.717, 1.165) is 11.3 Å². The van der Waals surface area contributed by atoms with E-state index in [1.165, 1.54) is 4.68 Å². The number of benzene rings is 2. The van der Waals surface area contributed by atoms with Crippen molar-refractivity contribution in [1.82, 2.24) is 9.36 Å². The number of carbonyl (C=O) groups excluding carboxylic acids is 2. The fraction of sp³-hybridized carbons (Fsp3) is 0.346. The third kappa shape index (κ3) is 5.39. The number of nitrogens with two attached hydrogens (primary N) is 1. The van der Waals surface area contributed by atoms with Gasteiger partial charge in [-0.05, 0) is 55.5 Å². The minimum Gasteiger partial charge on any atom is -0.493 e. The number of hydrogen-bond acceptors (Lipinski definition) is 4. The quantitative estimate of drug-likeness (QED) is 0.504. The van der Waals surface area contributed by atoms with Gasteiger partial charge in [0, 0.05) is 13.5 Å². The van der Waals surface area contributed by atoms with Crippen molar-refractivity contribution in [3.8, 4) is 11.4 Å². The summed E-state index contributed by atoms with van der Waals surface area (Å²) in [6.07, 6.45) is 0.773. The second-order valence-corrected chi connectivity index (χ2v) is 9.13. The third-order valence-electron chi connectivity index (χ3n) is 5.75. The molecule has 0 saturated heterocycles. The van der Waals surface area contributed by atoms with E-state index in [2.05, 4.69) is 5.32 Å². The number of rotatable bonds is 9. The average molecular weight is 465 g/mol. The summed E-state index contributed by atoms with van der Waals surface area (Å²) in [4.78, 5) is 37.6. The number of amides is 2. The van der Waals surface area contributed by atoms with Crippen LogP contribution in [-0.2, 0) is 18.3 Å². The lowest BCUT2D eigenvalue weighted by Crippen LogP contribution is -2.27. The average Bonchev–Trinajstić information content (AvgIpc) is 2.97. The molecule has 3 aromatic rings. The minimum absolute atomic E-state index is 0.202. The van der Waals surface area contributed by atoms with E-state index in [1.807, 2.05) is 57.2 Å². The molecule has 0 aliphatic carbocycles. The van der Waals surface area contributed by atoms with Crippen LogP contribution in [0.4, 0.5) is 5.69 Å². The first-order valence-electron chi connectivity index (χ1n) is 11.2. The van der Waals surface area contributed by atoms with Crippen LogP contribution in [0.5, 0.6) is 5.75 Å². The first-order chi connectivity index (χ1) is 16.0. The third-order valence-corrected chi connectivity index (χ3v) is 5.75. The molecule has 2 amide bonds. The van der Waals surface area contributed by atoms with E-state index in [0.29, 0.717) is 30.0 Å². The lowest BCUT2D eigenvalue weighted by Gasteiger charge is -2.24. The summed E-state index contributed by atoms with van der Waals surface area (Å²) in [5.74, 6) is -0.350. The van der Waals surface area contributed by atoms with Gasteiger partial charge >= 0.3 is 0 Å². The molecule has 0 aliphatic heterocycles. The molecule has 2 aromatic carbocycles. The summed E-state index contributed by atoms with van der Waals surface area (Å²) >= 11 is 0. The highest BCUT2D eigenvalue weighted by atomic mass is 16.5. The summed E-state index contributed by atoms with van der Waals surface area (Å²) in [5, 5.41) is 2.83. The predicted molar refractivity (Wildman–Crippen MR) is 133 cm³/mol. The van der Waals surface area contributed by atoms with Crippen molar-refractivity contribution < 1.29 is 14.3 Å². The molecular weight excluding hydrogens is 432 g/mol. The van der Waals surface area contributed by atoms with Gasteiger partial charge in [-0.15, -0.1) is 0 Å². The van der Waals surface area contributed by atoms with E-state index in [-0.39, 0.29) is 23.6 Å². The zero-order valence-corrected chi connectivity index (χ0v) is 20.3. The highest BCUT2D eigenvalue weighted by molar-refractivity contribution is 5.95. The van der Waals surface area contributed by atoms with E-state index in [4.69, 9.17) is 10.5 Å². The molecule has 180 valence electrons. The number of aromatic nitrogens is 2. The van der Waals surface area contributed by atoms with Crippen LogP contribution in [0.3, 0.4) is 0 Å². The van der Waals surface area contributed by atoms with Crippen molar-refractivity contribution in [3.63, 3.8) is 0 Å². The molecule has 0 unspecified atom stereocenters. The van der Waals surface area contributed by atoms with Gasteiger partial charge in [0.2, 0.25) is 5.91 Å². The van der Waals surface area contributed by atoms with Crippen molar-refractivity contribution in [2.75, 3.05) is 11.9 Å². The van der Waals surface area contributed by atoms with Gasteiger partial charge in [0.1, 0.15) is 11.4 Å². The van der Waals surface area contributed by atoms with Crippen molar-refractivity contribution >= 4 is 17.5 Å². The highest BCUT2D eigenvalue weighted by Crippen LogP contribution is 2.30. The van der Waals surface area contributed by atoms with Crippen molar-refractivity contribution in [2.24, 2.45) is 18.2 Å². The summed E-state index contributed by atoms with van der Waals surface area (Å²) < 4.78 is 8.83. The maximum Gasteiger partial charge on any atom is 0.295 e. The molecule has 0 spiro atoms. The normalized spacial score (nSPS) is 11.3. The van der Waals surface area contributed by atoms with Gasteiger partial charge in [-0.1, -0.05) is 38.1 Å². The fourth-order valence-electron chi connectivity index (χ4n) is 4.10. The maximum absolute atomic E-state index is 13.1. The van der Waals surface area contributed by atoms with Crippen molar-refractivity contribution in [2.45, 2.75) is 40.5 Å². The molecule has 0 bridgehead atoms. The number of nitrogens with zero attached hydrogens (tertiary/aromatic N) is 2. The summed E-state index contributed by atoms with van der Waals surface area (Å²) in [6, 6.07) is 14.6. The Kier molecular flexibility index (Phi) is 7.29. The Morgan fingerprint density at radius 1 is 1.12 bits per heavy atom. The SMILES string of the molecule is CCOc1cc(CC(C)(C)CC(=O)Nc2c(C)n(C)n(-c3ccccc3)c2=O)ccc1C(N)=O.